The van der Waals surface area contributed by atoms with Gasteiger partial charge in [0.2, 0.25) is 0 Å². The Kier molecular flexibility index (Phi) is 10.9. The van der Waals surface area contributed by atoms with Crippen molar-refractivity contribution in [1.82, 2.24) is 5.32 Å². The zero-order valence-electron chi connectivity index (χ0n) is 9.89. The molecule has 1 atom stereocenters. The molecule has 2 N–H and O–H groups in total. The van der Waals surface area contributed by atoms with Crippen LogP contribution in [0.2, 0.25) is 0 Å². The van der Waals surface area contributed by atoms with E-state index in [1.165, 1.54) is 44.9 Å². The van der Waals surface area contributed by atoms with E-state index in [0.29, 0.717) is 6.04 Å². The number of unbranched alkanes of at least 4 members (excludes halogenated alkanes) is 6. The average Bonchev–Trinajstić information content (AvgIpc) is 2.22. The molecule has 0 spiro atoms. The summed E-state index contributed by atoms with van der Waals surface area (Å²) in [5.74, 6) is 0. The van der Waals surface area contributed by atoms with Crippen LogP contribution >= 0.6 is 0 Å². The van der Waals surface area contributed by atoms with E-state index < -0.39 is 0 Å². The molecule has 0 fully saturated rings. The van der Waals surface area contributed by atoms with Gasteiger partial charge < -0.3 is 10.4 Å². The van der Waals surface area contributed by atoms with Crippen molar-refractivity contribution in [2.45, 2.75) is 64.3 Å². The van der Waals surface area contributed by atoms with E-state index in [9.17, 15) is 0 Å². The van der Waals surface area contributed by atoms with Crippen LogP contribution in [0.25, 0.3) is 0 Å². The Labute approximate surface area is 89.1 Å². The van der Waals surface area contributed by atoms with Crippen LogP contribution in [0.1, 0.15) is 58.3 Å². The first-order valence-electron chi connectivity index (χ1n) is 6.13. The maximum Gasteiger partial charge on any atom is 0.0584 e. The van der Waals surface area contributed by atoms with Crippen LogP contribution in [0, 0.1) is 0 Å². The minimum absolute atomic E-state index is 0.270. The van der Waals surface area contributed by atoms with Crippen LogP contribution in [-0.2, 0) is 0 Å². The third-order valence-electron chi connectivity index (χ3n) is 2.78. The summed E-state index contributed by atoms with van der Waals surface area (Å²) in [7, 11) is 1.92. The van der Waals surface area contributed by atoms with Gasteiger partial charge in [0.1, 0.15) is 0 Å². The molecule has 0 aliphatic rings. The third-order valence-corrected chi connectivity index (χ3v) is 2.78. The van der Waals surface area contributed by atoms with E-state index in [1.54, 1.807) is 0 Å². The van der Waals surface area contributed by atoms with Crippen molar-refractivity contribution in [1.29, 1.82) is 0 Å². The van der Waals surface area contributed by atoms with E-state index in [4.69, 9.17) is 5.11 Å². The molecule has 0 rings (SSSR count). The van der Waals surface area contributed by atoms with Gasteiger partial charge in [-0.15, -0.1) is 0 Å². The lowest BCUT2D eigenvalue weighted by molar-refractivity contribution is 0.239. The van der Waals surface area contributed by atoms with Crippen LogP contribution in [-0.4, -0.2) is 24.8 Å². The minimum atomic E-state index is 0.270. The molecule has 2 nitrogen and oxygen atoms in total. The predicted molar refractivity (Wildman–Crippen MR) is 62.5 cm³/mol. The number of likely N-dealkylation sites (N-methyl/N-ethyl adjacent to an activating group) is 1. The summed E-state index contributed by atoms with van der Waals surface area (Å²) in [6.45, 7) is 2.52. The lowest BCUT2D eigenvalue weighted by Crippen LogP contribution is -2.28. The van der Waals surface area contributed by atoms with Crippen molar-refractivity contribution in [2.24, 2.45) is 0 Å². The number of aliphatic hydroxyl groups excluding tert-OH is 1. The fourth-order valence-electron chi connectivity index (χ4n) is 1.67. The van der Waals surface area contributed by atoms with Crippen LogP contribution in [0.15, 0.2) is 0 Å². The zero-order valence-corrected chi connectivity index (χ0v) is 9.89. The highest BCUT2D eigenvalue weighted by molar-refractivity contribution is 4.61. The Morgan fingerprint density at radius 3 is 2.07 bits per heavy atom. The van der Waals surface area contributed by atoms with Crippen molar-refractivity contribution in [2.75, 3.05) is 13.7 Å². The van der Waals surface area contributed by atoms with Gasteiger partial charge in [0.25, 0.3) is 0 Å². The first kappa shape index (κ1) is 13.9. The molecule has 14 heavy (non-hydrogen) atoms. The second kappa shape index (κ2) is 11.0. The van der Waals surface area contributed by atoms with Gasteiger partial charge in [0.15, 0.2) is 0 Å². The summed E-state index contributed by atoms with van der Waals surface area (Å²) in [6, 6.07) is 0.311. The average molecular weight is 201 g/mol. The molecular weight excluding hydrogens is 174 g/mol. The highest BCUT2D eigenvalue weighted by atomic mass is 16.3. The summed E-state index contributed by atoms with van der Waals surface area (Å²) in [4.78, 5) is 0. The Balaban J connectivity index is 3.04. The lowest BCUT2D eigenvalue weighted by atomic mass is 10.1. The molecule has 2 heteroatoms. The molecule has 86 valence electrons. The maximum atomic E-state index is 8.94. The molecular formula is C12H27NO. The van der Waals surface area contributed by atoms with Gasteiger partial charge in [-0.1, -0.05) is 51.9 Å². The molecule has 0 aliphatic heterocycles. The second-order valence-electron chi connectivity index (χ2n) is 4.08. The van der Waals surface area contributed by atoms with Crippen LogP contribution in [0.3, 0.4) is 0 Å². The smallest absolute Gasteiger partial charge is 0.0584 e. The summed E-state index contributed by atoms with van der Waals surface area (Å²) in [5, 5.41) is 12.0. The number of aliphatic hydroxyl groups is 1. The molecule has 0 aromatic rings. The zero-order chi connectivity index (χ0) is 10.6. The molecule has 0 heterocycles. The molecule has 0 aromatic heterocycles. The van der Waals surface area contributed by atoms with E-state index in [1.807, 2.05) is 7.05 Å². The Morgan fingerprint density at radius 2 is 1.57 bits per heavy atom. The number of hydrogen-bond acceptors (Lipinski definition) is 2. The van der Waals surface area contributed by atoms with Gasteiger partial charge in [0.05, 0.1) is 6.61 Å². The van der Waals surface area contributed by atoms with Crippen molar-refractivity contribution >= 4 is 0 Å². The van der Waals surface area contributed by atoms with E-state index in [-0.39, 0.29) is 6.61 Å². The second-order valence-corrected chi connectivity index (χ2v) is 4.08. The summed E-state index contributed by atoms with van der Waals surface area (Å²) in [5.41, 5.74) is 0. The fourth-order valence-corrected chi connectivity index (χ4v) is 1.67. The van der Waals surface area contributed by atoms with Crippen molar-refractivity contribution in [3.8, 4) is 0 Å². The first-order valence-corrected chi connectivity index (χ1v) is 6.13. The Morgan fingerprint density at radius 1 is 1.00 bits per heavy atom. The molecule has 0 saturated heterocycles. The maximum absolute atomic E-state index is 8.94. The minimum Gasteiger partial charge on any atom is -0.395 e. The quantitative estimate of drug-likeness (QED) is 0.533. The number of nitrogens with one attached hydrogen (secondary N) is 1. The van der Waals surface area contributed by atoms with Gasteiger partial charge in [-0.3, -0.25) is 0 Å². The van der Waals surface area contributed by atoms with Crippen LogP contribution in [0.5, 0.6) is 0 Å². The molecule has 0 aromatic carbocycles. The van der Waals surface area contributed by atoms with E-state index in [2.05, 4.69) is 12.2 Å². The van der Waals surface area contributed by atoms with E-state index >= 15 is 0 Å². The standard InChI is InChI=1S/C12H27NO/c1-3-4-5-6-7-8-9-10-12(11-14)13-2/h12-14H,3-11H2,1-2H3. The van der Waals surface area contributed by atoms with E-state index in [0.717, 1.165) is 6.42 Å². The molecule has 0 radical (unpaired) electrons. The summed E-state index contributed by atoms with van der Waals surface area (Å²) in [6.07, 6.45) is 10.5. The Hall–Kier alpha value is -0.0800. The molecule has 0 amide bonds. The fraction of sp³-hybridized carbons (Fsp3) is 1.00. The molecule has 0 bridgehead atoms. The molecule has 0 aliphatic carbocycles. The number of rotatable bonds is 10. The van der Waals surface area contributed by atoms with Gasteiger partial charge >= 0.3 is 0 Å². The molecule has 1 unspecified atom stereocenters. The largest absolute Gasteiger partial charge is 0.395 e. The van der Waals surface area contributed by atoms with Gasteiger partial charge in [-0.2, -0.15) is 0 Å². The summed E-state index contributed by atoms with van der Waals surface area (Å²) < 4.78 is 0. The summed E-state index contributed by atoms with van der Waals surface area (Å²) >= 11 is 0. The Bertz CT molecular complexity index is 102. The highest BCUT2D eigenvalue weighted by Crippen LogP contribution is 2.09. The van der Waals surface area contributed by atoms with Crippen LogP contribution < -0.4 is 5.32 Å². The lowest BCUT2D eigenvalue weighted by Gasteiger charge is -2.12. The predicted octanol–water partition coefficient (Wildman–Crippen LogP) is 2.71. The normalized spacial score (nSPS) is 13.1. The third kappa shape index (κ3) is 8.52. The van der Waals surface area contributed by atoms with Gasteiger partial charge in [0, 0.05) is 6.04 Å². The highest BCUT2D eigenvalue weighted by Gasteiger charge is 2.02. The SMILES string of the molecule is CCCCCCCCCC(CO)NC. The van der Waals surface area contributed by atoms with Gasteiger partial charge in [-0.25, -0.2) is 0 Å². The number of hydrogen-bond donors (Lipinski definition) is 2. The topological polar surface area (TPSA) is 32.3 Å². The monoisotopic (exact) mass is 201 g/mol. The van der Waals surface area contributed by atoms with Crippen molar-refractivity contribution < 1.29 is 5.11 Å². The first-order chi connectivity index (χ1) is 6.85. The van der Waals surface area contributed by atoms with Crippen molar-refractivity contribution in [3.63, 3.8) is 0 Å². The van der Waals surface area contributed by atoms with Crippen LogP contribution in [0.4, 0.5) is 0 Å². The van der Waals surface area contributed by atoms with Gasteiger partial charge in [-0.05, 0) is 13.5 Å². The molecule has 0 saturated carbocycles. The van der Waals surface area contributed by atoms with Crippen molar-refractivity contribution in [3.05, 3.63) is 0 Å².